The Morgan fingerprint density at radius 2 is 1.62 bits per heavy atom. The van der Waals surface area contributed by atoms with E-state index in [-0.39, 0.29) is 29.5 Å². The average molecular weight is 395 g/mol. The molecule has 1 atom stereocenters. The normalized spacial score (nSPS) is 20.3. The highest BCUT2D eigenvalue weighted by Crippen LogP contribution is 2.30. The fourth-order valence-electron chi connectivity index (χ4n) is 3.94. The molecule has 2 aliphatic heterocycles. The second-order valence-corrected chi connectivity index (χ2v) is 7.15. The van der Waals surface area contributed by atoms with Crippen molar-refractivity contribution in [3.05, 3.63) is 54.1 Å². The van der Waals surface area contributed by atoms with Gasteiger partial charge in [-0.05, 0) is 30.3 Å². The van der Waals surface area contributed by atoms with Gasteiger partial charge in [0.25, 0.3) is 5.91 Å². The van der Waals surface area contributed by atoms with Crippen LogP contribution in [0.15, 0.2) is 48.5 Å². The quantitative estimate of drug-likeness (QED) is 0.758. The predicted molar refractivity (Wildman–Crippen MR) is 106 cm³/mol. The van der Waals surface area contributed by atoms with Crippen LogP contribution in [0.25, 0.3) is 0 Å². The maximum absolute atomic E-state index is 13.0. The number of carbonyl (C=O) groups excluding carboxylic acids is 2. The average Bonchev–Trinajstić information content (AvgIpc) is 3.03. The third-order valence-corrected chi connectivity index (χ3v) is 5.47. The van der Waals surface area contributed by atoms with Crippen molar-refractivity contribution in [2.45, 2.75) is 12.5 Å². The van der Waals surface area contributed by atoms with Gasteiger partial charge in [-0.1, -0.05) is 18.2 Å². The molecule has 0 spiro atoms. The second-order valence-electron chi connectivity index (χ2n) is 7.15. The number of benzene rings is 2. The Morgan fingerprint density at radius 3 is 2.28 bits per heavy atom. The van der Waals surface area contributed by atoms with Gasteiger partial charge in [0, 0.05) is 31.9 Å². The molecule has 0 bridgehead atoms. The van der Waals surface area contributed by atoms with E-state index in [4.69, 9.17) is 0 Å². The number of carboxylic acids is 1. The van der Waals surface area contributed by atoms with E-state index in [1.54, 1.807) is 0 Å². The summed E-state index contributed by atoms with van der Waals surface area (Å²) in [6.45, 7) is 2.82. The van der Waals surface area contributed by atoms with E-state index in [0.29, 0.717) is 13.1 Å². The molecule has 2 aromatic carbocycles. The molecule has 8 heteroatoms. The molecular weight excluding hydrogens is 374 g/mol. The minimum Gasteiger partial charge on any atom is -0.507 e. The molecule has 1 unspecified atom stereocenters. The van der Waals surface area contributed by atoms with Crippen LogP contribution in [0.3, 0.4) is 0 Å². The van der Waals surface area contributed by atoms with Crippen molar-refractivity contribution in [3.63, 3.8) is 0 Å². The zero-order chi connectivity index (χ0) is 20.5. The van der Waals surface area contributed by atoms with Crippen LogP contribution in [0.2, 0.25) is 0 Å². The maximum atomic E-state index is 13.0. The van der Waals surface area contributed by atoms with Gasteiger partial charge in [0.05, 0.1) is 18.2 Å². The number of aromatic hydroxyl groups is 1. The van der Waals surface area contributed by atoms with Crippen LogP contribution in [-0.4, -0.2) is 65.1 Å². The number of nitrogens with zero attached hydrogens (tertiary/aromatic N) is 3. The Labute approximate surface area is 167 Å². The monoisotopic (exact) mass is 395 g/mol. The topological polar surface area (TPSA) is 101 Å². The van der Waals surface area contributed by atoms with Gasteiger partial charge in [0.2, 0.25) is 5.91 Å². The van der Waals surface area contributed by atoms with E-state index < -0.39 is 17.8 Å². The molecule has 2 heterocycles. The first kappa shape index (κ1) is 18.9. The number of amides is 2. The molecule has 0 aromatic heterocycles. The lowest BCUT2D eigenvalue weighted by Gasteiger charge is -2.38. The maximum Gasteiger partial charge on any atom is 0.339 e. The summed E-state index contributed by atoms with van der Waals surface area (Å²) >= 11 is 0. The summed E-state index contributed by atoms with van der Waals surface area (Å²) in [6, 6.07) is 13.2. The molecule has 29 heavy (non-hydrogen) atoms. The van der Waals surface area contributed by atoms with Crippen molar-refractivity contribution in [2.75, 3.05) is 36.0 Å². The van der Waals surface area contributed by atoms with E-state index in [1.807, 2.05) is 35.2 Å². The van der Waals surface area contributed by atoms with Crippen molar-refractivity contribution in [2.24, 2.45) is 0 Å². The number of hydrogen-bond donors (Lipinski definition) is 2. The summed E-state index contributed by atoms with van der Waals surface area (Å²) < 4.78 is 0. The molecular formula is C21H21N3O5. The van der Waals surface area contributed by atoms with Crippen molar-refractivity contribution in [1.29, 1.82) is 0 Å². The number of anilines is 2. The fourth-order valence-corrected chi connectivity index (χ4v) is 3.94. The number of para-hydroxylation sites is 1. The molecule has 2 saturated heterocycles. The lowest BCUT2D eigenvalue weighted by Crippen LogP contribution is -2.52. The number of piperazine rings is 1. The van der Waals surface area contributed by atoms with Crippen LogP contribution in [0.4, 0.5) is 11.4 Å². The summed E-state index contributed by atoms with van der Waals surface area (Å²) in [7, 11) is 0. The first-order valence-corrected chi connectivity index (χ1v) is 9.43. The standard InChI is InChI=1S/C21H21N3O5/c25-18-7-6-15(12-16(18)21(28)29)24-19(26)13-17(20(24)27)23-10-8-22(9-11-23)14-4-2-1-3-5-14/h1-7,12,17,25H,8-11,13H2,(H,28,29). The summed E-state index contributed by atoms with van der Waals surface area (Å²) in [4.78, 5) is 42.1. The van der Waals surface area contributed by atoms with Gasteiger partial charge < -0.3 is 15.1 Å². The molecule has 2 aromatic rings. The molecule has 0 aliphatic carbocycles. The largest absolute Gasteiger partial charge is 0.507 e. The molecule has 0 radical (unpaired) electrons. The van der Waals surface area contributed by atoms with Gasteiger partial charge in [-0.2, -0.15) is 0 Å². The van der Waals surface area contributed by atoms with Gasteiger partial charge in [-0.25, -0.2) is 9.69 Å². The SMILES string of the molecule is O=C(O)c1cc(N2C(=O)CC(N3CCN(c4ccccc4)CC3)C2=O)ccc1O. The van der Waals surface area contributed by atoms with Crippen LogP contribution in [-0.2, 0) is 9.59 Å². The van der Waals surface area contributed by atoms with E-state index >= 15 is 0 Å². The smallest absolute Gasteiger partial charge is 0.339 e. The van der Waals surface area contributed by atoms with Crippen LogP contribution >= 0.6 is 0 Å². The highest BCUT2D eigenvalue weighted by Gasteiger charge is 2.43. The van der Waals surface area contributed by atoms with Crippen molar-refractivity contribution >= 4 is 29.2 Å². The summed E-state index contributed by atoms with van der Waals surface area (Å²) in [5.41, 5.74) is 0.955. The minimum atomic E-state index is -1.32. The lowest BCUT2D eigenvalue weighted by atomic mass is 10.1. The van der Waals surface area contributed by atoms with Crippen LogP contribution in [0.5, 0.6) is 5.75 Å². The number of carboxylic acid groups (broad SMARTS) is 1. The third-order valence-electron chi connectivity index (χ3n) is 5.47. The number of imide groups is 1. The molecule has 150 valence electrons. The van der Waals surface area contributed by atoms with Crippen LogP contribution in [0.1, 0.15) is 16.8 Å². The Kier molecular flexibility index (Phi) is 4.94. The van der Waals surface area contributed by atoms with Gasteiger partial charge in [-0.3, -0.25) is 14.5 Å². The number of carbonyl (C=O) groups is 3. The fraction of sp³-hybridized carbons (Fsp3) is 0.286. The van der Waals surface area contributed by atoms with E-state index in [9.17, 15) is 24.6 Å². The molecule has 2 aliphatic rings. The zero-order valence-electron chi connectivity index (χ0n) is 15.7. The number of phenols is 1. The van der Waals surface area contributed by atoms with Crippen molar-refractivity contribution < 1.29 is 24.6 Å². The van der Waals surface area contributed by atoms with E-state index in [1.165, 1.54) is 12.1 Å². The predicted octanol–water partition coefficient (Wildman–Crippen LogP) is 1.54. The number of hydrogen-bond acceptors (Lipinski definition) is 6. The van der Waals surface area contributed by atoms with Crippen LogP contribution in [0, 0.1) is 0 Å². The molecule has 4 rings (SSSR count). The zero-order valence-corrected chi connectivity index (χ0v) is 15.7. The molecule has 8 nitrogen and oxygen atoms in total. The van der Waals surface area contributed by atoms with Gasteiger partial charge in [0.1, 0.15) is 11.3 Å². The molecule has 2 N–H and O–H groups in total. The Balaban J connectivity index is 1.48. The lowest BCUT2D eigenvalue weighted by molar-refractivity contribution is -0.123. The number of rotatable bonds is 4. The van der Waals surface area contributed by atoms with Crippen molar-refractivity contribution in [3.8, 4) is 5.75 Å². The molecule has 0 saturated carbocycles. The third kappa shape index (κ3) is 3.54. The Hall–Kier alpha value is -3.39. The van der Waals surface area contributed by atoms with Crippen LogP contribution < -0.4 is 9.80 Å². The van der Waals surface area contributed by atoms with E-state index in [0.717, 1.165) is 29.7 Å². The molecule has 2 fully saturated rings. The highest BCUT2D eigenvalue weighted by molar-refractivity contribution is 6.22. The second kappa shape index (κ2) is 7.56. The Bertz CT molecular complexity index is 954. The Morgan fingerprint density at radius 1 is 0.931 bits per heavy atom. The first-order valence-electron chi connectivity index (χ1n) is 9.43. The summed E-state index contributed by atoms with van der Waals surface area (Å²) in [6.07, 6.45) is 0.0629. The highest BCUT2D eigenvalue weighted by atomic mass is 16.4. The molecule has 2 amide bonds. The first-order chi connectivity index (χ1) is 14.0. The van der Waals surface area contributed by atoms with Gasteiger partial charge in [-0.15, -0.1) is 0 Å². The summed E-state index contributed by atoms with van der Waals surface area (Å²) in [5, 5.41) is 18.9. The summed E-state index contributed by atoms with van der Waals surface area (Å²) in [5.74, 6) is -2.45. The number of aromatic carboxylic acids is 1. The van der Waals surface area contributed by atoms with E-state index in [2.05, 4.69) is 4.90 Å². The van der Waals surface area contributed by atoms with Crippen molar-refractivity contribution in [1.82, 2.24) is 4.90 Å². The minimum absolute atomic E-state index is 0.0629. The van der Waals surface area contributed by atoms with Gasteiger partial charge in [0.15, 0.2) is 0 Å². The van der Waals surface area contributed by atoms with Gasteiger partial charge >= 0.3 is 5.97 Å².